The normalized spacial score (nSPS) is 8.85. The Morgan fingerprint density at radius 3 is 1.65 bits per heavy atom. The van der Waals surface area contributed by atoms with Crippen LogP contribution in [0, 0.1) is 7.43 Å². The van der Waals surface area contributed by atoms with E-state index >= 15 is 0 Å². The van der Waals surface area contributed by atoms with Crippen molar-refractivity contribution in [2.24, 2.45) is 0 Å². The van der Waals surface area contributed by atoms with E-state index in [4.69, 9.17) is 9.90 Å². The van der Waals surface area contributed by atoms with Crippen LogP contribution in [0.1, 0.15) is 6.92 Å². The Kier molecular flexibility index (Phi) is 7.60. The maximum absolute atomic E-state index is 9.00. The summed E-state index contributed by atoms with van der Waals surface area (Å²) in [5, 5.41) is 9.69. The second-order valence-corrected chi connectivity index (χ2v) is 3.73. The summed E-state index contributed by atoms with van der Waals surface area (Å²) in [5.74, 6) is -0.833. The van der Waals surface area contributed by atoms with Gasteiger partial charge in [0, 0.05) is 50.5 Å². The SMILES string of the molecule is CC(=O)O.[CH3-].[Pd].c1cnc2c(c1)ccc1cccnc12. The molecule has 0 radical (unpaired) electrons. The van der Waals surface area contributed by atoms with Gasteiger partial charge < -0.3 is 12.5 Å². The second-order valence-electron chi connectivity index (χ2n) is 3.73. The van der Waals surface area contributed by atoms with Gasteiger partial charge in [-0.15, -0.1) is 0 Å². The minimum atomic E-state index is -0.833. The molecule has 1 N–H and O–H groups in total. The topological polar surface area (TPSA) is 63.1 Å². The standard InChI is InChI=1S/C12H8N2.C2H4O2.CH3.Pd/c1-3-9-5-6-10-4-2-8-14-12(10)11(9)13-7-1;1-2(3)4;;/h1-8H;1H3,(H,3,4);1H3;/q;;-1;. The molecule has 3 aromatic rings. The summed E-state index contributed by atoms with van der Waals surface area (Å²) in [7, 11) is 0. The fourth-order valence-electron chi connectivity index (χ4n) is 1.68. The van der Waals surface area contributed by atoms with E-state index in [0.29, 0.717) is 0 Å². The van der Waals surface area contributed by atoms with Gasteiger partial charge in [-0.25, -0.2) is 0 Å². The van der Waals surface area contributed by atoms with Crippen LogP contribution >= 0.6 is 0 Å². The van der Waals surface area contributed by atoms with E-state index in [0.717, 1.165) is 28.7 Å². The number of carbonyl (C=O) groups is 1. The Morgan fingerprint density at radius 2 is 1.30 bits per heavy atom. The number of hydrogen-bond donors (Lipinski definition) is 1. The Hall–Kier alpha value is -1.83. The molecule has 2 aromatic heterocycles. The molecule has 5 heteroatoms. The van der Waals surface area contributed by atoms with E-state index < -0.39 is 5.97 Å². The zero-order valence-corrected chi connectivity index (χ0v) is 12.7. The summed E-state index contributed by atoms with van der Waals surface area (Å²) in [5.41, 5.74) is 1.95. The average molecular weight is 362 g/mol. The van der Waals surface area contributed by atoms with Gasteiger partial charge in [-0.2, -0.15) is 0 Å². The smallest absolute Gasteiger partial charge is 0.300 e. The molecule has 108 valence electrons. The van der Waals surface area contributed by atoms with Gasteiger partial charge >= 0.3 is 0 Å². The van der Waals surface area contributed by atoms with Gasteiger partial charge in [0.1, 0.15) is 0 Å². The molecule has 2 heterocycles. The molecule has 0 spiro atoms. The van der Waals surface area contributed by atoms with Gasteiger partial charge in [0.2, 0.25) is 0 Å². The summed E-state index contributed by atoms with van der Waals surface area (Å²) in [6, 6.07) is 12.1. The van der Waals surface area contributed by atoms with Gasteiger partial charge in [0.05, 0.1) is 11.0 Å². The number of fused-ring (bicyclic) bond motifs is 3. The largest absolute Gasteiger partial charge is 0.481 e. The molecular weight excluding hydrogens is 347 g/mol. The molecule has 0 fully saturated rings. The fraction of sp³-hybridized carbons (Fsp3) is 0.0667. The number of rotatable bonds is 0. The van der Waals surface area contributed by atoms with Gasteiger partial charge in [0.15, 0.2) is 0 Å². The number of pyridine rings is 2. The Bertz CT molecular complexity index is 643. The first kappa shape index (κ1) is 18.2. The van der Waals surface area contributed by atoms with E-state index in [1.807, 2.05) is 12.1 Å². The second kappa shape index (κ2) is 8.36. The van der Waals surface area contributed by atoms with Crippen molar-refractivity contribution >= 4 is 27.8 Å². The van der Waals surface area contributed by atoms with Crippen LogP contribution in [0.5, 0.6) is 0 Å². The van der Waals surface area contributed by atoms with Crippen molar-refractivity contribution < 1.29 is 30.3 Å². The van der Waals surface area contributed by atoms with Gasteiger partial charge in [-0.05, 0) is 12.1 Å². The molecule has 0 amide bonds. The van der Waals surface area contributed by atoms with Crippen LogP contribution in [0.25, 0.3) is 21.8 Å². The average Bonchev–Trinajstić information content (AvgIpc) is 2.38. The van der Waals surface area contributed by atoms with Crippen molar-refractivity contribution in [2.75, 3.05) is 0 Å². The van der Waals surface area contributed by atoms with Crippen molar-refractivity contribution in [2.45, 2.75) is 6.92 Å². The van der Waals surface area contributed by atoms with Crippen LogP contribution < -0.4 is 0 Å². The summed E-state index contributed by atoms with van der Waals surface area (Å²) in [6.07, 6.45) is 3.60. The first-order valence-electron chi connectivity index (χ1n) is 5.46. The van der Waals surface area contributed by atoms with Crippen molar-refractivity contribution in [3.8, 4) is 0 Å². The van der Waals surface area contributed by atoms with Crippen LogP contribution in [-0.2, 0) is 25.2 Å². The molecule has 4 nitrogen and oxygen atoms in total. The Balaban J connectivity index is 0.000000542. The number of benzene rings is 1. The Morgan fingerprint density at radius 1 is 0.950 bits per heavy atom. The molecule has 0 unspecified atom stereocenters. The fourth-order valence-corrected chi connectivity index (χ4v) is 1.68. The number of nitrogens with zero attached hydrogens (tertiary/aromatic N) is 2. The molecule has 0 aliphatic carbocycles. The van der Waals surface area contributed by atoms with Crippen LogP contribution in [0.3, 0.4) is 0 Å². The maximum atomic E-state index is 9.00. The van der Waals surface area contributed by atoms with Gasteiger partial charge in [-0.3, -0.25) is 14.8 Å². The molecule has 0 aliphatic rings. The zero-order valence-electron chi connectivity index (χ0n) is 11.2. The van der Waals surface area contributed by atoms with Gasteiger partial charge in [-0.1, -0.05) is 24.3 Å². The van der Waals surface area contributed by atoms with E-state index in [9.17, 15) is 0 Å². The first-order valence-corrected chi connectivity index (χ1v) is 5.46. The third-order valence-corrected chi connectivity index (χ3v) is 2.34. The molecule has 0 saturated heterocycles. The van der Waals surface area contributed by atoms with Crippen molar-refractivity contribution in [1.82, 2.24) is 9.97 Å². The van der Waals surface area contributed by atoms with Crippen LogP contribution in [0.2, 0.25) is 0 Å². The van der Waals surface area contributed by atoms with Crippen LogP contribution in [0.15, 0.2) is 48.8 Å². The van der Waals surface area contributed by atoms with Crippen LogP contribution in [0.4, 0.5) is 0 Å². The van der Waals surface area contributed by atoms with E-state index in [1.165, 1.54) is 0 Å². The maximum Gasteiger partial charge on any atom is 0.300 e. The third kappa shape index (κ3) is 4.37. The molecule has 20 heavy (non-hydrogen) atoms. The van der Waals surface area contributed by atoms with Gasteiger partial charge in [0.25, 0.3) is 5.97 Å². The molecule has 0 aliphatic heterocycles. The third-order valence-electron chi connectivity index (χ3n) is 2.34. The Labute approximate surface area is 131 Å². The monoisotopic (exact) mass is 361 g/mol. The molecule has 0 atom stereocenters. The predicted molar refractivity (Wildman–Crippen MR) is 76.8 cm³/mol. The number of aromatic nitrogens is 2. The first-order chi connectivity index (χ1) is 8.68. The molecule has 0 saturated carbocycles. The number of hydrogen-bond acceptors (Lipinski definition) is 3. The zero-order chi connectivity index (χ0) is 13.0. The van der Waals surface area contributed by atoms with Crippen molar-refractivity contribution in [3.63, 3.8) is 0 Å². The number of carboxylic acids is 1. The minimum absolute atomic E-state index is 0. The van der Waals surface area contributed by atoms with E-state index in [-0.39, 0.29) is 27.8 Å². The number of aliphatic carboxylic acids is 1. The summed E-state index contributed by atoms with van der Waals surface area (Å²) in [6.45, 7) is 1.08. The quantitative estimate of drug-likeness (QED) is 0.379. The summed E-state index contributed by atoms with van der Waals surface area (Å²) in [4.78, 5) is 17.7. The predicted octanol–water partition coefficient (Wildman–Crippen LogP) is 3.32. The summed E-state index contributed by atoms with van der Waals surface area (Å²) < 4.78 is 0. The van der Waals surface area contributed by atoms with E-state index in [1.54, 1.807) is 12.4 Å². The molecule has 0 bridgehead atoms. The molecule has 1 aromatic carbocycles. The summed E-state index contributed by atoms with van der Waals surface area (Å²) >= 11 is 0. The van der Waals surface area contributed by atoms with Crippen molar-refractivity contribution in [3.05, 3.63) is 56.2 Å². The molecular formula is C15H15N2O2Pd-. The van der Waals surface area contributed by atoms with Crippen molar-refractivity contribution in [1.29, 1.82) is 0 Å². The van der Waals surface area contributed by atoms with Crippen LogP contribution in [-0.4, -0.2) is 21.0 Å². The number of carboxylic acid groups (broad SMARTS) is 1. The molecule has 3 rings (SSSR count). The van der Waals surface area contributed by atoms with E-state index in [2.05, 4.69) is 34.2 Å². The minimum Gasteiger partial charge on any atom is -0.481 e.